The van der Waals surface area contributed by atoms with Crippen molar-refractivity contribution in [1.82, 2.24) is 9.78 Å². The van der Waals surface area contributed by atoms with Gasteiger partial charge in [0.25, 0.3) is 0 Å². The predicted molar refractivity (Wildman–Crippen MR) is 78.0 cm³/mol. The number of aromatic nitrogens is 2. The molecule has 0 fully saturated rings. The van der Waals surface area contributed by atoms with E-state index in [1.807, 2.05) is 25.1 Å². The maximum atomic E-state index is 12.2. The van der Waals surface area contributed by atoms with Crippen LogP contribution in [0.1, 0.15) is 42.5 Å². The fourth-order valence-corrected chi connectivity index (χ4v) is 1.86. The van der Waals surface area contributed by atoms with E-state index in [1.165, 1.54) is 0 Å². The van der Waals surface area contributed by atoms with Crippen molar-refractivity contribution in [3.63, 3.8) is 0 Å². The van der Waals surface area contributed by atoms with Gasteiger partial charge in [0.05, 0.1) is 5.69 Å². The minimum absolute atomic E-state index is 0.0976. The number of nitrogens with zero attached hydrogens (tertiary/aromatic N) is 2. The van der Waals surface area contributed by atoms with Crippen molar-refractivity contribution in [1.29, 1.82) is 0 Å². The van der Waals surface area contributed by atoms with E-state index in [9.17, 15) is 4.79 Å². The highest BCUT2D eigenvalue weighted by Crippen LogP contribution is 2.22. The van der Waals surface area contributed by atoms with Gasteiger partial charge in [-0.3, -0.25) is 4.68 Å². The van der Waals surface area contributed by atoms with Crippen LogP contribution in [0, 0.1) is 6.92 Å². The number of benzene rings is 1. The molecule has 0 aliphatic rings. The van der Waals surface area contributed by atoms with E-state index < -0.39 is 0 Å². The van der Waals surface area contributed by atoms with Crippen molar-refractivity contribution in [2.24, 2.45) is 7.05 Å². The van der Waals surface area contributed by atoms with Crippen molar-refractivity contribution in [2.45, 2.75) is 33.1 Å². The quantitative estimate of drug-likeness (QED) is 0.622. The van der Waals surface area contributed by atoms with Gasteiger partial charge in [-0.1, -0.05) is 32.9 Å². The highest BCUT2D eigenvalue weighted by Gasteiger charge is 2.22. The van der Waals surface area contributed by atoms with Crippen LogP contribution in [0.2, 0.25) is 0 Å². The first kappa shape index (κ1) is 14.3. The van der Waals surface area contributed by atoms with Crippen LogP contribution in [0.5, 0.6) is 5.75 Å². The first-order valence-electron chi connectivity index (χ1n) is 6.61. The summed E-state index contributed by atoms with van der Waals surface area (Å²) in [7, 11) is 1.75. The van der Waals surface area contributed by atoms with Gasteiger partial charge in [0.15, 0.2) is 0 Å². The summed E-state index contributed by atoms with van der Waals surface area (Å²) in [6.07, 6.45) is 0. The number of rotatable bonds is 2. The Morgan fingerprint density at radius 3 is 2.50 bits per heavy atom. The lowest BCUT2D eigenvalue weighted by Gasteiger charge is -2.13. The Kier molecular flexibility index (Phi) is 3.66. The molecule has 1 aromatic carbocycles. The van der Waals surface area contributed by atoms with Gasteiger partial charge in [-0.15, -0.1) is 0 Å². The van der Waals surface area contributed by atoms with Crippen molar-refractivity contribution >= 4 is 5.97 Å². The Bertz CT molecular complexity index is 636. The van der Waals surface area contributed by atoms with Crippen molar-refractivity contribution in [3.05, 3.63) is 47.3 Å². The molecule has 0 unspecified atom stereocenters. The lowest BCUT2D eigenvalue weighted by atomic mass is 9.92. The van der Waals surface area contributed by atoms with E-state index in [0.717, 1.165) is 11.3 Å². The smallest absolute Gasteiger partial charge is 0.361 e. The molecule has 1 heterocycles. The first-order valence-corrected chi connectivity index (χ1v) is 6.61. The number of hydrogen-bond donors (Lipinski definition) is 0. The fourth-order valence-electron chi connectivity index (χ4n) is 1.86. The summed E-state index contributed by atoms with van der Waals surface area (Å²) in [6.45, 7) is 8.14. The Morgan fingerprint density at radius 1 is 1.25 bits per heavy atom. The average molecular weight is 272 g/mol. The van der Waals surface area contributed by atoms with Gasteiger partial charge in [0.1, 0.15) is 11.4 Å². The van der Waals surface area contributed by atoms with Gasteiger partial charge >= 0.3 is 5.97 Å². The minimum Gasteiger partial charge on any atom is -0.422 e. The van der Waals surface area contributed by atoms with Crippen molar-refractivity contribution in [3.8, 4) is 5.75 Å². The molecule has 0 bridgehead atoms. The van der Waals surface area contributed by atoms with E-state index in [4.69, 9.17) is 4.74 Å². The normalized spacial score (nSPS) is 11.4. The third-order valence-corrected chi connectivity index (χ3v) is 3.06. The molecule has 0 aliphatic carbocycles. The molecule has 4 heteroatoms. The molecule has 0 N–H and O–H groups in total. The molecule has 1 aromatic heterocycles. The van der Waals surface area contributed by atoms with E-state index in [0.29, 0.717) is 11.4 Å². The molecule has 0 spiro atoms. The molecule has 20 heavy (non-hydrogen) atoms. The Hall–Kier alpha value is -2.10. The molecule has 0 aliphatic heterocycles. The zero-order chi connectivity index (χ0) is 14.9. The predicted octanol–water partition coefficient (Wildman–Crippen LogP) is 3.25. The van der Waals surface area contributed by atoms with Crippen LogP contribution >= 0.6 is 0 Å². The van der Waals surface area contributed by atoms with Gasteiger partial charge in [-0.2, -0.15) is 5.10 Å². The zero-order valence-corrected chi connectivity index (χ0v) is 12.6. The van der Waals surface area contributed by atoms with Crippen LogP contribution in [0.15, 0.2) is 30.3 Å². The molecule has 0 atom stereocenters. The number of hydrogen-bond acceptors (Lipinski definition) is 3. The molecular weight excluding hydrogens is 252 g/mol. The van der Waals surface area contributed by atoms with Crippen LogP contribution in [0.3, 0.4) is 0 Å². The second kappa shape index (κ2) is 5.12. The van der Waals surface area contributed by atoms with E-state index in [1.54, 1.807) is 23.9 Å². The summed E-state index contributed by atoms with van der Waals surface area (Å²) in [5, 5.41) is 4.38. The first-order chi connectivity index (χ1) is 9.27. The number of aryl methyl sites for hydroxylation is 2. The molecule has 2 rings (SSSR count). The minimum atomic E-state index is -0.388. The molecular formula is C16H20N2O2. The molecule has 0 saturated heterocycles. The van der Waals surface area contributed by atoms with E-state index in [2.05, 4.69) is 25.9 Å². The number of esters is 1. The third kappa shape index (κ3) is 3.07. The second-order valence-corrected chi connectivity index (χ2v) is 5.99. The van der Waals surface area contributed by atoms with Crippen LogP contribution < -0.4 is 4.74 Å². The zero-order valence-electron chi connectivity index (χ0n) is 12.6. The van der Waals surface area contributed by atoms with Gasteiger partial charge in [-0.05, 0) is 30.7 Å². The lowest BCUT2D eigenvalue weighted by molar-refractivity contribution is 0.0723. The molecule has 106 valence electrons. The van der Waals surface area contributed by atoms with Crippen LogP contribution in [-0.2, 0) is 12.5 Å². The number of carbonyl (C=O) groups is 1. The number of carbonyl (C=O) groups excluding carboxylic acids is 1. The average Bonchev–Trinajstić information content (AvgIpc) is 2.71. The second-order valence-electron chi connectivity index (χ2n) is 5.99. The van der Waals surface area contributed by atoms with Crippen molar-refractivity contribution < 1.29 is 9.53 Å². The number of ether oxygens (including phenoxy) is 1. The van der Waals surface area contributed by atoms with Crippen LogP contribution in [0.25, 0.3) is 0 Å². The summed E-state index contributed by atoms with van der Waals surface area (Å²) in [6, 6.07) is 9.21. The highest BCUT2D eigenvalue weighted by molar-refractivity contribution is 5.89. The molecule has 4 nitrogen and oxygen atoms in total. The molecule has 0 radical (unpaired) electrons. The Morgan fingerprint density at radius 2 is 1.95 bits per heavy atom. The van der Waals surface area contributed by atoms with Gasteiger partial charge in [-0.25, -0.2) is 4.79 Å². The molecule has 2 aromatic rings. The Labute approximate surface area is 119 Å². The summed E-state index contributed by atoms with van der Waals surface area (Å²) in [5.41, 5.74) is 2.28. The summed E-state index contributed by atoms with van der Waals surface area (Å²) < 4.78 is 6.96. The Balaban J connectivity index is 2.24. The van der Waals surface area contributed by atoms with Crippen LogP contribution in [-0.4, -0.2) is 15.7 Å². The van der Waals surface area contributed by atoms with Crippen molar-refractivity contribution in [2.75, 3.05) is 0 Å². The maximum absolute atomic E-state index is 12.2. The lowest BCUT2D eigenvalue weighted by Crippen LogP contribution is -2.13. The summed E-state index contributed by atoms with van der Waals surface area (Å²) in [4.78, 5) is 12.2. The monoisotopic (exact) mass is 272 g/mol. The van der Waals surface area contributed by atoms with Gasteiger partial charge < -0.3 is 4.74 Å². The SMILES string of the molecule is Cc1cccc(OC(=O)c2cc(C(C)(C)C)nn2C)c1. The van der Waals surface area contributed by atoms with Gasteiger partial charge in [0, 0.05) is 12.5 Å². The largest absolute Gasteiger partial charge is 0.422 e. The highest BCUT2D eigenvalue weighted by atomic mass is 16.5. The molecule has 0 saturated carbocycles. The van der Waals surface area contributed by atoms with Crippen LogP contribution in [0.4, 0.5) is 0 Å². The third-order valence-electron chi connectivity index (χ3n) is 3.06. The van der Waals surface area contributed by atoms with E-state index in [-0.39, 0.29) is 11.4 Å². The summed E-state index contributed by atoms with van der Waals surface area (Å²) >= 11 is 0. The van der Waals surface area contributed by atoms with E-state index >= 15 is 0 Å². The molecule has 0 amide bonds. The summed E-state index contributed by atoms with van der Waals surface area (Å²) in [5.74, 6) is 0.162. The maximum Gasteiger partial charge on any atom is 0.361 e. The van der Waals surface area contributed by atoms with Gasteiger partial charge in [0.2, 0.25) is 0 Å². The standard InChI is InChI=1S/C16H20N2O2/c1-11-7-6-8-12(9-11)20-15(19)13-10-14(16(2,3)4)17-18(13)5/h6-10H,1-5H3. The fraction of sp³-hybridized carbons (Fsp3) is 0.375. The topological polar surface area (TPSA) is 44.1 Å².